The first-order valence-corrected chi connectivity index (χ1v) is 5.47. The van der Waals surface area contributed by atoms with Crippen LogP contribution in [0.1, 0.15) is 26.7 Å². The number of urea groups is 1. The molecular weight excluding hydrogens is 236 g/mol. The summed E-state index contributed by atoms with van der Waals surface area (Å²) in [5, 5.41) is 21.1. The smallest absolute Gasteiger partial charge is 0.319 e. The van der Waals surface area contributed by atoms with Crippen LogP contribution in [0.15, 0.2) is 18.5 Å². The number of anilines is 1. The van der Waals surface area contributed by atoms with Crippen LogP contribution in [-0.2, 0) is 4.79 Å². The lowest BCUT2D eigenvalue weighted by atomic mass is 9.99. The van der Waals surface area contributed by atoms with Gasteiger partial charge in [-0.05, 0) is 26.3 Å². The van der Waals surface area contributed by atoms with Crippen molar-refractivity contribution in [1.82, 2.24) is 15.5 Å². The number of carbonyl (C=O) groups excluding carboxylic acids is 1. The van der Waals surface area contributed by atoms with Crippen LogP contribution in [0.4, 0.5) is 10.5 Å². The summed E-state index contributed by atoms with van der Waals surface area (Å²) >= 11 is 0. The monoisotopic (exact) mass is 252 g/mol. The number of hydrogen-bond acceptors (Lipinski definition) is 4. The molecule has 0 fully saturated rings. The summed E-state index contributed by atoms with van der Waals surface area (Å²) in [5.41, 5.74) is -0.0697. The molecule has 0 radical (unpaired) electrons. The maximum absolute atomic E-state index is 11.7. The number of nitrogens with zero attached hydrogens (tertiary/aromatic N) is 2. The molecule has 18 heavy (non-hydrogen) atoms. The van der Waals surface area contributed by atoms with Crippen LogP contribution in [0.3, 0.4) is 0 Å². The molecule has 0 saturated heterocycles. The predicted molar refractivity (Wildman–Crippen MR) is 65.1 cm³/mol. The van der Waals surface area contributed by atoms with Crippen molar-refractivity contribution in [2.45, 2.75) is 32.2 Å². The van der Waals surface area contributed by atoms with Gasteiger partial charge in [-0.25, -0.2) is 4.79 Å². The van der Waals surface area contributed by atoms with Gasteiger partial charge < -0.3 is 15.7 Å². The average Bonchev–Trinajstić information content (AvgIpc) is 2.27. The fourth-order valence-corrected chi connectivity index (χ4v) is 1.32. The summed E-state index contributed by atoms with van der Waals surface area (Å²) in [6.45, 7) is 3.53. The number of rotatable bonds is 5. The van der Waals surface area contributed by atoms with Gasteiger partial charge in [0.15, 0.2) is 0 Å². The zero-order chi connectivity index (χ0) is 13.6. The van der Waals surface area contributed by atoms with Crippen LogP contribution >= 0.6 is 0 Å². The SMILES string of the molecule is CC(C)(CCC(=O)O)NC(=O)Nc1ccnnc1. The third kappa shape index (κ3) is 5.24. The van der Waals surface area contributed by atoms with Gasteiger partial charge in [0, 0.05) is 12.0 Å². The molecular formula is C11H16N4O3. The van der Waals surface area contributed by atoms with Gasteiger partial charge in [-0.2, -0.15) is 10.2 Å². The van der Waals surface area contributed by atoms with E-state index < -0.39 is 17.5 Å². The van der Waals surface area contributed by atoms with Crippen molar-refractivity contribution >= 4 is 17.7 Å². The summed E-state index contributed by atoms with van der Waals surface area (Å²) in [6, 6.07) is 1.20. The lowest BCUT2D eigenvalue weighted by molar-refractivity contribution is -0.137. The van der Waals surface area contributed by atoms with E-state index in [1.165, 1.54) is 12.4 Å². The first kappa shape index (κ1) is 13.9. The first-order valence-electron chi connectivity index (χ1n) is 5.47. The van der Waals surface area contributed by atoms with Crippen LogP contribution in [0.5, 0.6) is 0 Å². The molecule has 0 aromatic carbocycles. The van der Waals surface area contributed by atoms with E-state index in [4.69, 9.17) is 5.11 Å². The molecule has 0 atom stereocenters. The molecule has 0 aliphatic heterocycles. The largest absolute Gasteiger partial charge is 0.481 e. The van der Waals surface area contributed by atoms with Gasteiger partial charge in [0.05, 0.1) is 18.1 Å². The second-order valence-corrected chi connectivity index (χ2v) is 4.49. The Bertz CT molecular complexity index is 420. The number of carboxylic acid groups (broad SMARTS) is 1. The number of carbonyl (C=O) groups is 2. The Kier molecular flexibility index (Phi) is 4.59. The van der Waals surface area contributed by atoms with Gasteiger partial charge in [0.25, 0.3) is 0 Å². The molecule has 1 heterocycles. The Morgan fingerprint density at radius 1 is 1.39 bits per heavy atom. The van der Waals surface area contributed by atoms with E-state index in [2.05, 4.69) is 20.8 Å². The number of nitrogens with one attached hydrogen (secondary N) is 2. The minimum absolute atomic E-state index is 0.00406. The second kappa shape index (κ2) is 5.95. The van der Waals surface area contributed by atoms with Gasteiger partial charge >= 0.3 is 12.0 Å². The van der Waals surface area contributed by atoms with Crippen molar-refractivity contribution < 1.29 is 14.7 Å². The highest BCUT2D eigenvalue weighted by Gasteiger charge is 2.21. The van der Waals surface area contributed by atoms with E-state index in [0.29, 0.717) is 12.1 Å². The van der Waals surface area contributed by atoms with Crippen LogP contribution < -0.4 is 10.6 Å². The number of hydrogen-bond donors (Lipinski definition) is 3. The molecule has 2 amide bonds. The topological polar surface area (TPSA) is 104 Å². The number of aliphatic carboxylic acids is 1. The molecule has 1 aromatic heterocycles. The Hall–Kier alpha value is -2.18. The standard InChI is InChI=1S/C11H16N4O3/c1-11(2,5-3-9(16)17)15-10(18)14-8-4-6-12-13-7-8/h4,6-7H,3,5H2,1-2H3,(H,16,17)(H2,12,14,15,18). The van der Waals surface area contributed by atoms with Gasteiger partial charge in [-0.15, -0.1) is 0 Å². The van der Waals surface area contributed by atoms with E-state index in [9.17, 15) is 9.59 Å². The highest BCUT2D eigenvalue weighted by molar-refractivity contribution is 5.89. The fourth-order valence-electron chi connectivity index (χ4n) is 1.32. The van der Waals surface area contributed by atoms with E-state index in [0.717, 1.165) is 0 Å². The maximum Gasteiger partial charge on any atom is 0.319 e. The molecule has 7 heteroatoms. The van der Waals surface area contributed by atoms with Gasteiger partial charge in [0.2, 0.25) is 0 Å². The molecule has 0 unspecified atom stereocenters. The van der Waals surface area contributed by atoms with E-state index in [-0.39, 0.29) is 6.42 Å². The van der Waals surface area contributed by atoms with Crippen molar-refractivity contribution in [3.05, 3.63) is 18.5 Å². The van der Waals surface area contributed by atoms with Gasteiger partial charge in [-0.3, -0.25) is 4.79 Å². The molecule has 0 aliphatic rings. The van der Waals surface area contributed by atoms with Crippen molar-refractivity contribution in [2.75, 3.05) is 5.32 Å². The Labute approximate surface area is 105 Å². The molecule has 0 aliphatic carbocycles. The number of carboxylic acids is 1. The average molecular weight is 252 g/mol. The summed E-state index contributed by atoms with van der Waals surface area (Å²) in [4.78, 5) is 22.1. The molecule has 0 saturated carbocycles. The summed E-state index contributed by atoms with van der Waals surface area (Å²) in [6.07, 6.45) is 3.24. The zero-order valence-electron chi connectivity index (χ0n) is 10.3. The molecule has 1 aromatic rings. The Morgan fingerprint density at radius 2 is 2.11 bits per heavy atom. The minimum Gasteiger partial charge on any atom is -0.481 e. The fraction of sp³-hybridized carbons (Fsp3) is 0.455. The molecule has 7 nitrogen and oxygen atoms in total. The molecule has 3 N–H and O–H groups in total. The minimum atomic E-state index is -0.886. The highest BCUT2D eigenvalue weighted by atomic mass is 16.4. The normalized spacial score (nSPS) is 10.8. The van der Waals surface area contributed by atoms with Crippen LogP contribution in [-0.4, -0.2) is 32.8 Å². The van der Waals surface area contributed by atoms with Crippen molar-refractivity contribution in [3.8, 4) is 0 Å². The van der Waals surface area contributed by atoms with E-state index in [1.54, 1.807) is 19.9 Å². The van der Waals surface area contributed by atoms with Crippen molar-refractivity contribution in [3.63, 3.8) is 0 Å². The third-order valence-corrected chi connectivity index (χ3v) is 2.26. The van der Waals surface area contributed by atoms with E-state index >= 15 is 0 Å². The second-order valence-electron chi connectivity index (χ2n) is 4.49. The van der Waals surface area contributed by atoms with Crippen LogP contribution in [0, 0.1) is 0 Å². The number of aromatic nitrogens is 2. The lowest BCUT2D eigenvalue weighted by Gasteiger charge is -2.25. The van der Waals surface area contributed by atoms with Gasteiger partial charge in [-0.1, -0.05) is 0 Å². The summed E-state index contributed by atoms with van der Waals surface area (Å²) in [5.74, 6) is -0.886. The number of amides is 2. The maximum atomic E-state index is 11.7. The van der Waals surface area contributed by atoms with Crippen molar-refractivity contribution in [2.24, 2.45) is 0 Å². The molecule has 0 bridgehead atoms. The highest BCUT2D eigenvalue weighted by Crippen LogP contribution is 2.11. The predicted octanol–water partition coefficient (Wildman–Crippen LogP) is 1.24. The van der Waals surface area contributed by atoms with Crippen LogP contribution in [0.25, 0.3) is 0 Å². The molecule has 0 spiro atoms. The summed E-state index contributed by atoms with van der Waals surface area (Å²) in [7, 11) is 0. The Morgan fingerprint density at radius 3 is 2.67 bits per heavy atom. The first-order chi connectivity index (χ1) is 8.39. The molecule has 1 rings (SSSR count). The van der Waals surface area contributed by atoms with Crippen molar-refractivity contribution in [1.29, 1.82) is 0 Å². The summed E-state index contributed by atoms with van der Waals surface area (Å²) < 4.78 is 0. The van der Waals surface area contributed by atoms with Gasteiger partial charge in [0.1, 0.15) is 0 Å². The third-order valence-electron chi connectivity index (χ3n) is 2.26. The van der Waals surface area contributed by atoms with Crippen LogP contribution in [0.2, 0.25) is 0 Å². The molecule has 98 valence electrons. The Balaban J connectivity index is 2.46. The lowest BCUT2D eigenvalue weighted by Crippen LogP contribution is -2.45. The van der Waals surface area contributed by atoms with E-state index in [1.807, 2.05) is 0 Å². The quantitative estimate of drug-likeness (QED) is 0.731. The zero-order valence-corrected chi connectivity index (χ0v) is 10.3.